The lowest BCUT2D eigenvalue weighted by Gasteiger charge is -2.42. The van der Waals surface area contributed by atoms with Gasteiger partial charge in [-0.2, -0.15) is 4.31 Å². The van der Waals surface area contributed by atoms with Crippen LogP contribution in [0.25, 0.3) is 0 Å². The fraction of sp³-hybridized carbons (Fsp3) is 0.917. The van der Waals surface area contributed by atoms with E-state index in [0.717, 1.165) is 19.3 Å². The van der Waals surface area contributed by atoms with Gasteiger partial charge in [0.05, 0.1) is 12.2 Å². The summed E-state index contributed by atoms with van der Waals surface area (Å²) >= 11 is 0. The third kappa shape index (κ3) is 2.54. The second kappa shape index (κ2) is 4.81. The predicted octanol–water partition coefficient (Wildman–Crippen LogP) is 1.45. The number of nitrogens with zero attached hydrogens (tertiary/aromatic N) is 1. The molecule has 1 saturated carbocycles. The number of aliphatic carboxylic acids is 1. The van der Waals surface area contributed by atoms with E-state index in [4.69, 9.17) is 5.11 Å². The van der Waals surface area contributed by atoms with Crippen molar-refractivity contribution in [1.29, 1.82) is 0 Å². The third-order valence-electron chi connectivity index (χ3n) is 4.10. The van der Waals surface area contributed by atoms with Gasteiger partial charge < -0.3 is 5.11 Å². The first-order valence-electron chi connectivity index (χ1n) is 6.58. The van der Waals surface area contributed by atoms with E-state index in [9.17, 15) is 13.2 Å². The van der Waals surface area contributed by atoms with E-state index in [1.807, 2.05) is 6.92 Å². The number of carbonyl (C=O) groups is 1. The molecule has 0 bridgehead atoms. The van der Waals surface area contributed by atoms with Gasteiger partial charge in [0.1, 0.15) is 0 Å². The summed E-state index contributed by atoms with van der Waals surface area (Å²) in [5.74, 6) is -0.636. The van der Waals surface area contributed by atoms with Gasteiger partial charge in [0.25, 0.3) is 0 Å². The van der Waals surface area contributed by atoms with Crippen LogP contribution >= 0.6 is 0 Å². The molecule has 0 aromatic heterocycles. The molecule has 1 aliphatic heterocycles. The van der Waals surface area contributed by atoms with E-state index >= 15 is 0 Å². The quantitative estimate of drug-likeness (QED) is 0.846. The summed E-state index contributed by atoms with van der Waals surface area (Å²) in [6.07, 6.45) is 4.24. The summed E-state index contributed by atoms with van der Waals surface area (Å²) in [5.41, 5.74) is -0.659. The minimum Gasteiger partial charge on any atom is -0.481 e. The molecule has 0 spiro atoms. The van der Waals surface area contributed by atoms with Gasteiger partial charge in [-0.25, -0.2) is 8.42 Å². The van der Waals surface area contributed by atoms with Gasteiger partial charge in [0, 0.05) is 12.1 Å². The van der Waals surface area contributed by atoms with Gasteiger partial charge >= 0.3 is 5.97 Å². The Kier molecular flexibility index (Phi) is 3.69. The molecule has 0 amide bonds. The van der Waals surface area contributed by atoms with Gasteiger partial charge in [0.2, 0.25) is 10.0 Å². The molecule has 18 heavy (non-hydrogen) atoms. The van der Waals surface area contributed by atoms with E-state index in [1.165, 1.54) is 4.31 Å². The Balaban J connectivity index is 2.31. The maximum Gasteiger partial charge on any atom is 0.305 e. The average Bonchev–Trinajstić information content (AvgIpc) is 2.52. The molecule has 0 aromatic carbocycles. The molecule has 1 saturated heterocycles. The topological polar surface area (TPSA) is 74.7 Å². The fourth-order valence-corrected chi connectivity index (χ4v) is 5.72. The summed E-state index contributed by atoms with van der Waals surface area (Å²) < 4.78 is 25.9. The molecule has 2 aliphatic rings. The molecule has 1 aliphatic carbocycles. The fourth-order valence-electron chi connectivity index (χ4n) is 3.39. The van der Waals surface area contributed by atoms with Crippen molar-refractivity contribution in [2.75, 3.05) is 12.3 Å². The summed E-state index contributed by atoms with van der Waals surface area (Å²) in [6, 6.07) is 0. The molecular weight excluding hydrogens is 254 g/mol. The molecule has 1 N–H and O–H groups in total. The van der Waals surface area contributed by atoms with Gasteiger partial charge in [-0.3, -0.25) is 4.79 Å². The number of carboxylic acid groups (broad SMARTS) is 1. The SMILES string of the molecule is CC1CN(C2(CC(=O)O)CCCCC2)S(=O)(=O)C1. The van der Waals surface area contributed by atoms with Crippen molar-refractivity contribution in [3.05, 3.63) is 0 Å². The molecule has 1 unspecified atom stereocenters. The average molecular weight is 275 g/mol. The normalized spacial score (nSPS) is 31.3. The molecule has 0 aromatic rings. The summed E-state index contributed by atoms with van der Waals surface area (Å²) in [5, 5.41) is 9.11. The maximum absolute atomic E-state index is 12.2. The van der Waals surface area contributed by atoms with Crippen LogP contribution in [-0.4, -0.2) is 41.6 Å². The molecular formula is C12H21NO4S. The van der Waals surface area contributed by atoms with Crippen LogP contribution in [0, 0.1) is 5.92 Å². The zero-order chi connectivity index (χ0) is 13.4. The number of sulfonamides is 1. The lowest BCUT2D eigenvalue weighted by atomic mass is 9.79. The molecule has 104 valence electrons. The lowest BCUT2D eigenvalue weighted by molar-refractivity contribution is -0.140. The zero-order valence-electron chi connectivity index (χ0n) is 10.8. The smallest absolute Gasteiger partial charge is 0.305 e. The lowest BCUT2D eigenvalue weighted by Crippen LogP contribution is -2.52. The van der Waals surface area contributed by atoms with Crippen molar-refractivity contribution in [1.82, 2.24) is 4.31 Å². The van der Waals surface area contributed by atoms with E-state index in [-0.39, 0.29) is 18.1 Å². The number of hydrogen-bond acceptors (Lipinski definition) is 3. The van der Waals surface area contributed by atoms with Gasteiger partial charge in [-0.15, -0.1) is 0 Å². The highest BCUT2D eigenvalue weighted by atomic mass is 32.2. The van der Waals surface area contributed by atoms with Crippen molar-refractivity contribution in [2.24, 2.45) is 5.92 Å². The standard InChI is InChI=1S/C12H21NO4S/c1-10-8-13(18(16,17)9-10)12(7-11(14)15)5-3-2-4-6-12/h10H,2-9H2,1H3,(H,14,15). The van der Waals surface area contributed by atoms with Crippen molar-refractivity contribution >= 4 is 16.0 Å². The molecule has 2 rings (SSSR count). The van der Waals surface area contributed by atoms with E-state index in [0.29, 0.717) is 19.4 Å². The molecule has 2 fully saturated rings. The molecule has 5 nitrogen and oxygen atoms in total. The second-order valence-corrected chi connectivity index (χ2v) is 7.71. The van der Waals surface area contributed by atoms with Crippen LogP contribution in [0.1, 0.15) is 45.4 Å². The van der Waals surface area contributed by atoms with Crippen LogP contribution in [0.2, 0.25) is 0 Å². The largest absolute Gasteiger partial charge is 0.481 e. The van der Waals surface area contributed by atoms with Gasteiger partial charge in [-0.1, -0.05) is 26.2 Å². The summed E-state index contributed by atoms with van der Waals surface area (Å²) in [7, 11) is -3.27. The van der Waals surface area contributed by atoms with Crippen LogP contribution in [0.15, 0.2) is 0 Å². The highest BCUT2D eigenvalue weighted by molar-refractivity contribution is 7.89. The van der Waals surface area contributed by atoms with E-state index in [2.05, 4.69) is 0 Å². The Morgan fingerprint density at radius 2 is 1.94 bits per heavy atom. The highest BCUT2D eigenvalue weighted by Gasteiger charge is 2.49. The predicted molar refractivity (Wildman–Crippen MR) is 67.7 cm³/mol. The minimum atomic E-state index is -3.27. The van der Waals surface area contributed by atoms with Crippen molar-refractivity contribution < 1.29 is 18.3 Å². The Morgan fingerprint density at radius 1 is 1.33 bits per heavy atom. The first-order valence-corrected chi connectivity index (χ1v) is 8.19. The molecule has 1 heterocycles. The first-order chi connectivity index (χ1) is 8.36. The van der Waals surface area contributed by atoms with Crippen molar-refractivity contribution in [3.63, 3.8) is 0 Å². The highest BCUT2D eigenvalue weighted by Crippen LogP contribution is 2.41. The summed E-state index contributed by atoms with van der Waals surface area (Å²) in [4.78, 5) is 11.1. The van der Waals surface area contributed by atoms with E-state index in [1.54, 1.807) is 0 Å². The van der Waals surface area contributed by atoms with Crippen LogP contribution in [0.3, 0.4) is 0 Å². The maximum atomic E-state index is 12.2. The van der Waals surface area contributed by atoms with Crippen molar-refractivity contribution in [3.8, 4) is 0 Å². The van der Waals surface area contributed by atoms with Gasteiger partial charge in [0.15, 0.2) is 0 Å². The number of carboxylic acids is 1. The number of rotatable bonds is 3. The molecule has 0 radical (unpaired) electrons. The first kappa shape index (κ1) is 13.8. The second-order valence-electron chi connectivity index (χ2n) is 5.77. The number of hydrogen-bond donors (Lipinski definition) is 1. The molecule has 6 heteroatoms. The van der Waals surface area contributed by atoms with Crippen LogP contribution in [0.4, 0.5) is 0 Å². The summed E-state index contributed by atoms with van der Waals surface area (Å²) in [6.45, 7) is 2.39. The van der Waals surface area contributed by atoms with Gasteiger partial charge in [-0.05, 0) is 18.8 Å². The van der Waals surface area contributed by atoms with Crippen LogP contribution in [-0.2, 0) is 14.8 Å². The Hall–Kier alpha value is -0.620. The monoisotopic (exact) mass is 275 g/mol. The Morgan fingerprint density at radius 3 is 2.39 bits per heavy atom. The Labute approximate surface area is 108 Å². The van der Waals surface area contributed by atoms with Crippen LogP contribution in [0.5, 0.6) is 0 Å². The molecule has 1 atom stereocenters. The third-order valence-corrected chi connectivity index (χ3v) is 6.30. The van der Waals surface area contributed by atoms with Crippen molar-refractivity contribution in [2.45, 2.75) is 51.0 Å². The Bertz CT molecular complexity index is 425. The zero-order valence-corrected chi connectivity index (χ0v) is 11.6. The van der Waals surface area contributed by atoms with Crippen LogP contribution < -0.4 is 0 Å². The van der Waals surface area contributed by atoms with E-state index < -0.39 is 21.5 Å². The minimum absolute atomic E-state index is 0.0566.